The number of rotatable bonds is 9. The molecule has 7 heteroatoms. The van der Waals surface area contributed by atoms with Gasteiger partial charge in [0, 0.05) is 6.07 Å². The quantitative estimate of drug-likeness (QED) is 0.410. The first kappa shape index (κ1) is 20.1. The molecule has 142 valence electrons. The van der Waals surface area contributed by atoms with E-state index in [9.17, 15) is 14.9 Å². The van der Waals surface area contributed by atoms with Crippen LogP contribution in [0.3, 0.4) is 0 Å². The van der Waals surface area contributed by atoms with Crippen molar-refractivity contribution in [1.29, 1.82) is 0 Å². The number of nitrogens with zero attached hydrogens (tertiary/aromatic N) is 2. The highest BCUT2D eigenvalue weighted by atomic mass is 16.6. The summed E-state index contributed by atoms with van der Waals surface area (Å²) >= 11 is 0. The predicted molar refractivity (Wildman–Crippen MR) is 104 cm³/mol. The van der Waals surface area contributed by atoms with Crippen LogP contribution in [0.5, 0.6) is 5.75 Å². The van der Waals surface area contributed by atoms with E-state index in [1.54, 1.807) is 18.2 Å². The van der Waals surface area contributed by atoms with Gasteiger partial charge < -0.3 is 4.74 Å². The van der Waals surface area contributed by atoms with Crippen molar-refractivity contribution in [3.05, 3.63) is 69.8 Å². The highest BCUT2D eigenvalue weighted by Gasteiger charge is 2.10. The van der Waals surface area contributed by atoms with Crippen LogP contribution >= 0.6 is 0 Å². The number of nitro benzene ring substituents is 1. The highest BCUT2D eigenvalue weighted by Crippen LogP contribution is 2.22. The van der Waals surface area contributed by atoms with E-state index in [0.29, 0.717) is 17.2 Å². The molecule has 1 unspecified atom stereocenters. The number of ether oxygens (including phenoxy) is 1. The standard InChI is InChI=1S/C20H23N3O4/c1-3-6-15(2)16-9-11-18(12-10-16)27-14-20(24)22-21-13-17-7-4-5-8-19(17)23(25)26/h4-5,7-13,15H,3,6,14H2,1-2H3,(H,22,24). The summed E-state index contributed by atoms with van der Waals surface area (Å²) in [5.74, 6) is 0.636. The van der Waals surface area contributed by atoms with Gasteiger partial charge in [0.2, 0.25) is 0 Å². The molecule has 1 atom stereocenters. The Morgan fingerprint density at radius 3 is 2.63 bits per heavy atom. The summed E-state index contributed by atoms with van der Waals surface area (Å²) in [4.78, 5) is 22.2. The molecule has 2 aromatic carbocycles. The number of nitrogens with one attached hydrogen (secondary N) is 1. The molecule has 0 aliphatic carbocycles. The van der Waals surface area contributed by atoms with Crippen LogP contribution in [0.4, 0.5) is 5.69 Å². The first-order chi connectivity index (χ1) is 13.0. The molecule has 1 amide bonds. The van der Waals surface area contributed by atoms with Crippen LogP contribution in [-0.2, 0) is 4.79 Å². The molecule has 2 aromatic rings. The third-order valence-corrected chi connectivity index (χ3v) is 4.07. The Morgan fingerprint density at radius 1 is 1.26 bits per heavy atom. The van der Waals surface area contributed by atoms with Crippen LogP contribution in [0.25, 0.3) is 0 Å². The molecule has 7 nitrogen and oxygen atoms in total. The van der Waals surface area contributed by atoms with Gasteiger partial charge in [-0.25, -0.2) is 5.43 Å². The van der Waals surface area contributed by atoms with Gasteiger partial charge in [-0.05, 0) is 36.1 Å². The van der Waals surface area contributed by atoms with Crippen LogP contribution in [0.15, 0.2) is 53.6 Å². The van der Waals surface area contributed by atoms with E-state index >= 15 is 0 Å². The van der Waals surface area contributed by atoms with Crippen LogP contribution < -0.4 is 10.2 Å². The average molecular weight is 369 g/mol. The van der Waals surface area contributed by atoms with Gasteiger partial charge in [-0.2, -0.15) is 5.10 Å². The van der Waals surface area contributed by atoms with Gasteiger partial charge in [-0.1, -0.05) is 44.5 Å². The van der Waals surface area contributed by atoms with Crippen molar-refractivity contribution in [3.8, 4) is 5.75 Å². The summed E-state index contributed by atoms with van der Waals surface area (Å²) in [5.41, 5.74) is 3.76. The van der Waals surface area contributed by atoms with Crippen molar-refractivity contribution in [2.75, 3.05) is 6.61 Å². The molecule has 0 fully saturated rings. The lowest BCUT2D eigenvalue weighted by Crippen LogP contribution is -2.24. The first-order valence-electron chi connectivity index (χ1n) is 8.79. The maximum absolute atomic E-state index is 11.8. The number of hydrogen-bond donors (Lipinski definition) is 1. The highest BCUT2D eigenvalue weighted by molar-refractivity contribution is 5.86. The second-order valence-electron chi connectivity index (χ2n) is 6.16. The van der Waals surface area contributed by atoms with E-state index in [1.807, 2.05) is 24.3 Å². The SMILES string of the molecule is CCCC(C)c1ccc(OCC(=O)NN=Cc2ccccc2[N+](=O)[O-])cc1. The number of amides is 1. The molecule has 1 N–H and O–H groups in total. The molecule has 0 heterocycles. The molecule has 2 rings (SSSR count). The lowest BCUT2D eigenvalue weighted by Gasteiger charge is -2.11. The number of hydrazone groups is 1. The fraction of sp³-hybridized carbons (Fsp3) is 0.300. The minimum Gasteiger partial charge on any atom is -0.484 e. The second kappa shape index (κ2) is 10.1. The van der Waals surface area contributed by atoms with E-state index in [2.05, 4.69) is 24.4 Å². The smallest absolute Gasteiger partial charge is 0.278 e. The van der Waals surface area contributed by atoms with Gasteiger partial charge in [0.05, 0.1) is 16.7 Å². The number of benzene rings is 2. The molecule has 0 aliphatic rings. The van der Waals surface area contributed by atoms with Crippen LogP contribution in [0.1, 0.15) is 43.7 Å². The molecule has 0 bridgehead atoms. The monoisotopic (exact) mass is 369 g/mol. The van der Waals surface area contributed by atoms with Gasteiger partial charge in [0.25, 0.3) is 11.6 Å². The maximum atomic E-state index is 11.8. The zero-order chi connectivity index (χ0) is 19.6. The van der Waals surface area contributed by atoms with Crippen molar-refractivity contribution in [3.63, 3.8) is 0 Å². The number of carbonyl (C=O) groups excluding carboxylic acids is 1. The Bertz CT molecular complexity index is 803. The summed E-state index contributed by atoms with van der Waals surface area (Å²) in [6.07, 6.45) is 3.49. The fourth-order valence-corrected chi connectivity index (χ4v) is 2.61. The number of nitro groups is 1. The van der Waals surface area contributed by atoms with Gasteiger partial charge in [-0.15, -0.1) is 0 Å². The largest absolute Gasteiger partial charge is 0.484 e. The minimum atomic E-state index is -0.503. The van der Waals surface area contributed by atoms with E-state index in [-0.39, 0.29) is 12.3 Å². The van der Waals surface area contributed by atoms with Crippen LogP contribution in [-0.4, -0.2) is 23.7 Å². The van der Waals surface area contributed by atoms with E-state index in [0.717, 1.165) is 12.8 Å². The van der Waals surface area contributed by atoms with Gasteiger partial charge in [0.15, 0.2) is 6.61 Å². The summed E-state index contributed by atoms with van der Waals surface area (Å²) < 4.78 is 5.43. The molecule has 0 aromatic heterocycles. The first-order valence-corrected chi connectivity index (χ1v) is 8.79. The fourth-order valence-electron chi connectivity index (χ4n) is 2.61. The second-order valence-corrected chi connectivity index (χ2v) is 6.16. The Morgan fingerprint density at radius 2 is 1.96 bits per heavy atom. The van der Waals surface area contributed by atoms with Crippen molar-refractivity contribution in [2.45, 2.75) is 32.6 Å². The summed E-state index contributed by atoms with van der Waals surface area (Å²) in [5, 5.41) is 14.7. The third-order valence-electron chi connectivity index (χ3n) is 4.07. The van der Waals surface area contributed by atoms with E-state index in [4.69, 9.17) is 4.74 Å². The Hall–Kier alpha value is -3.22. The van der Waals surface area contributed by atoms with Crippen molar-refractivity contribution in [1.82, 2.24) is 5.43 Å². The van der Waals surface area contributed by atoms with Gasteiger partial charge >= 0.3 is 0 Å². The summed E-state index contributed by atoms with van der Waals surface area (Å²) in [6, 6.07) is 13.8. The van der Waals surface area contributed by atoms with Crippen molar-refractivity contribution in [2.24, 2.45) is 5.10 Å². The average Bonchev–Trinajstić information content (AvgIpc) is 2.67. The molecule has 0 saturated heterocycles. The topological polar surface area (TPSA) is 93.8 Å². The predicted octanol–water partition coefficient (Wildman–Crippen LogP) is 4.03. The lowest BCUT2D eigenvalue weighted by atomic mass is 9.97. The number of carbonyl (C=O) groups is 1. The van der Waals surface area contributed by atoms with Crippen LogP contribution in [0, 0.1) is 10.1 Å². The molecule has 0 spiro atoms. The lowest BCUT2D eigenvalue weighted by molar-refractivity contribution is -0.385. The van der Waals surface area contributed by atoms with Crippen molar-refractivity contribution >= 4 is 17.8 Å². The number of para-hydroxylation sites is 1. The maximum Gasteiger partial charge on any atom is 0.278 e. The Kier molecular flexibility index (Phi) is 7.49. The van der Waals surface area contributed by atoms with E-state index < -0.39 is 10.8 Å². The minimum absolute atomic E-state index is 0.0795. The van der Waals surface area contributed by atoms with Crippen LogP contribution in [0.2, 0.25) is 0 Å². The molecular formula is C20H23N3O4. The summed E-state index contributed by atoms with van der Waals surface area (Å²) in [7, 11) is 0. The Labute approximate surface area is 158 Å². The van der Waals surface area contributed by atoms with E-state index in [1.165, 1.54) is 17.8 Å². The van der Waals surface area contributed by atoms with Crippen molar-refractivity contribution < 1.29 is 14.5 Å². The Balaban J connectivity index is 1.84. The summed E-state index contributed by atoms with van der Waals surface area (Å²) in [6.45, 7) is 4.14. The number of hydrogen-bond acceptors (Lipinski definition) is 5. The van der Waals surface area contributed by atoms with Gasteiger partial charge in [0.1, 0.15) is 5.75 Å². The third kappa shape index (κ3) is 6.22. The molecule has 0 aliphatic heterocycles. The molecular weight excluding hydrogens is 346 g/mol. The van der Waals surface area contributed by atoms with Gasteiger partial charge in [-0.3, -0.25) is 14.9 Å². The molecule has 0 saturated carbocycles. The zero-order valence-electron chi connectivity index (χ0n) is 15.4. The molecule has 27 heavy (non-hydrogen) atoms. The molecule has 0 radical (unpaired) electrons. The zero-order valence-corrected chi connectivity index (χ0v) is 15.4. The normalized spacial score (nSPS) is 11.9.